The molecule has 0 amide bonds. The molecule has 0 unspecified atom stereocenters. The van der Waals surface area contributed by atoms with E-state index in [1.807, 2.05) is 0 Å². The number of hydrogen-bond acceptors (Lipinski definition) is 1. The molecule has 0 radical (unpaired) electrons. The van der Waals surface area contributed by atoms with Gasteiger partial charge in [0.15, 0.2) is 8.32 Å². The van der Waals surface area contributed by atoms with Gasteiger partial charge in [0.2, 0.25) is 0 Å². The van der Waals surface area contributed by atoms with Crippen molar-refractivity contribution >= 4 is 26.8 Å². The molecule has 0 N–H and O–H groups in total. The van der Waals surface area contributed by atoms with Crippen molar-refractivity contribution in [3.05, 3.63) is 0 Å². The maximum absolute atomic E-state index is 6.32. The molecule has 4 heteroatoms. The molecule has 0 aromatic rings. The van der Waals surface area contributed by atoms with Crippen LogP contribution in [0.1, 0.15) is 59.3 Å². The minimum atomic E-state index is -1.33. The molecular formula is C16H37ClOSi2. The van der Waals surface area contributed by atoms with Crippen LogP contribution in [0.3, 0.4) is 0 Å². The van der Waals surface area contributed by atoms with Crippen molar-refractivity contribution in [2.75, 3.05) is 6.61 Å². The summed E-state index contributed by atoms with van der Waals surface area (Å²) in [4.78, 5) is 0. The molecule has 20 heavy (non-hydrogen) atoms. The first kappa shape index (κ1) is 20.7. The van der Waals surface area contributed by atoms with Crippen LogP contribution in [-0.2, 0) is 4.43 Å². The monoisotopic (exact) mass is 336 g/mol. The van der Waals surface area contributed by atoms with E-state index in [1.54, 1.807) is 0 Å². The van der Waals surface area contributed by atoms with Crippen molar-refractivity contribution in [1.29, 1.82) is 0 Å². The molecule has 0 aliphatic heterocycles. The number of unbranched alkanes of at least 4 members (excludes halogenated alkanes) is 5. The highest BCUT2D eigenvalue weighted by molar-refractivity contribution is 7.19. The fraction of sp³-hybridized carbons (Fsp3) is 1.00. The van der Waals surface area contributed by atoms with Crippen molar-refractivity contribution in [2.24, 2.45) is 0 Å². The van der Waals surface area contributed by atoms with Crippen LogP contribution in [-0.4, -0.2) is 22.3 Å². The highest BCUT2D eigenvalue weighted by Crippen LogP contribution is 2.22. The molecule has 0 atom stereocenters. The van der Waals surface area contributed by atoms with Crippen LogP contribution in [0.5, 0.6) is 0 Å². The van der Waals surface area contributed by atoms with E-state index in [4.69, 9.17) is 15.5 Å². The smallest absolute Gasteiger partial charge is 0.191 e. The molecule has 0 aromatic carbocycles. The SMILES string of the molecule is CC[Si](CC)(CC)OCCCCCCCC[Si](C)(C)Cl. The molecule has 122 valence electrons. The lowest BCUT2D eigenvalue weighted by Gasteiger charge is -2.27. The van der Waals surface area contributed by atoms with E-state index in [-0.39, 0.29) is 0 Å². The van der Waals surface area contributed by atoms with Crippen LogP contribution < -0.4 is 0 Å². The first-order valence-electron chi connectivity index (χ1n) is 8.72. The molecular weight excluding hydrogens is 300 g/mol. The molecule has 1 nitrogen and oxygen atoms in total. The van der Waals surface area contributed by atoms with Crippen LogP contribution in [0.25, 0.3) is 0 Å². The molecule has 0 rings (SSSR count). The summed E-state index contributed by atoms with van der Waals surface area (Å²) in [5.74, 6) is 0. The average Bonchev–Trinajstić information content (AvgIpc) is 2.41. The minimum Gasteiger partial charge on any atom is -0.417 e. The second-order valence-electron chi connectivity index (χ2n) is 6.68. The lowest BCUT2D eigenvalue weighted by Crippen LogP contribution is -2.36. The zero-order valence-corrected chi connectivity index (χ0v) is 17.3. The number of hydrogen-bond donors (Lipinski definition) is 0. The maximum atomic E-state index is 6.32. The average molecular weight is 337 g/mol. The van der Waals surface area contributed by atoms with Crippen molar-refractivity contribution in [1.82, 2.24) is 0 Å². The van der Waals surface area contributed by atoms with Gasteiger partial charge in [-0.05, 0) is 30.6 Å². The summed E-state index contributed by atoms with van der Waals surface area (Å²) in [5, 5.41) is 0. The third-order valence-electron chi connectivity index (χ3n) is 4.51. The Kier molecular flexibility index (Phi) is 11.7. The van der Waals surface area contributed by atoms with Gasteiger partial charge < -0.3 is 4.43 Å². The predicted molar refractivity (Wildman–Crippen MR) is 99.0 cm³/mol. The molecule has 0 bridgehead atoms. The van der Waals surface area contributed by atoms with Crippen LogP contribution in [0.2, 0.25) is 37.3 Å². The van der Waals surface area contributed by atoms with Gasteiger partial charge in [0, 0.05) is 6.61 Å². The quantitative estimate of drug-likeness (QED) is 0.204. The van der Waals surface area contributed by atoms with Gasteiger partial charge in [-0.15, -0.1) is 0 Å². The largest absolute Gasteiger partial charge is 0.417 e. The van der Waals surface area contributed by atoms with Gasteiger partial charge in [0.25, 0.3) is 0 Å². The zero-order chi connectivity index (χ0) is 15.5. The molecule has 0 aliphatic rings. The van der Waals surface area contributed by atoms with Crippen molar-refractivity contribution in [2.45, 2.75) is 96.6 Å². The Hall–Kier alpha value is 0.684. The molecule has 0 spiro atoms. The Labute approximate surface area is 134 Å². The lowest BCUT2D eigenvalue weighted by molar-refractivity contribution is 0.287. The maximum Gasteiger partial charge on any atom is 0.191 e. The Morgan fingerprint density at radius 2 is 1.20 bits per heavy atom. The van der Waals surface area contributed by atoms with E-state index < -0.39 is 15.7 Å². The Bertz CT molecular complexity index is 217. The third kappa shape index (κ3) is 10.4. The highest BCUT2D eigenvalue weighted by Gasteiger charge is 2.28. The molecule has 0 aromatic heterocycles. The van der Waals surface area contributed by atoms with Gasteiger partial charge in [-0.2, -0.15) is 11.1 Å². The van der Waals surface area contributed by atoms with Gasteiger partial charge >= 0.3 is 0 Å². The van der Waals surface area contributed by atoms with Crippen molar-refractivity contribution in [3.63, 3.8) is 0 Å². The Morgan fingerprint density at radius 3 is 1.65 bits per heavy atom. The predicted octanol–water partition coefficient (Wildman–Crippen LogP) is 6.79. The molecule has 0 heterocycles. The zero-order valence-electron chi connectivity index (χ0n) is 14.6. The topological polar surface area (TPSA) is 9.23 Å². The summed E-state index contributed by atoms with van der Waals surface area (Å²) < 4.78 is 6.28. The van der Waals surface area contributed by atoms with Crippen LogP contribution in [0.15, 0.2) is 0 Å². The summed E-state index contributed by atoms with van der Waals surface area (Å²) >= 11 is 6.32. The van der Waals surface area contributed by atoms with Crippen LogP contribution in [0, 0.1) is 0 Å². The summed E-state index contributed by atoms with van der Waals surface area (Å²) in [6.07, 6.45) is 8.03. The van der Waals surface area contributed by atoms with Crippen LogP contribution >= 0.6 is 11.1 Å². The van der Waals surface area contributed by atoms with Crippen molar-refractivity contribution in [3.8, 4) is 0 Å². The fourth-order valence-corrected chi connectivity index (χ4v) is 6.88. The van der Waals surface area contributed by atoms with E-state index in [0.717, 1.165) is 6.61 Å². The highest BCUT2D eigenvalue weighted by atomic mass is 35.6. The molecule has 0 saturated heterocycles. The summed E-state index contributed by atoms with van der Waals surface area (Å²) in [6.45, 7) is 12.4. The normalized spacial score (nSPS) is 12.9. The van der Waals surface area contributed by atoms with E-state index in [0.29, 0.717) is 0 Å². The van der Waals surface area contributed by atoms with Crippen molar-refractivity contribution < 1.29 is 4.43 Å². The van der Waals surface area contributed by atoms with E-state index in [1.165, 1.54) is 62.7 Å². The van der Waals surface area contributed by atoms with Gasteiger partial charge in [-0.25, -0.2) is 0 Å². The first-order chi connectivity index (χ1) is 9.39. The first-order valence-corrected chi connectivity index (χ1v) is 15.5. The number of rotatable bonds is 13. The van der Waals surface area contributed by atoms with E-state index >= 15 is 0 Å². The van der Waals surface area contributed by atoms with Gasteiger partial charge in [-0.3, -0.25) is 0 Å². The Morgan fingerprint density at radius 1 is 0.750 bits per heavy atom. The Balaban J connectivity index is 3.45. The summed E-state index contributed by atoms with van der Waals surface area (Å²) in [6, 6.07) is 5.10. The summed E-state index contributed by atoms with van der Waals surface area (Å²) in [7, 11) is -2.64. The fourth-order valence-electron chi connectivity index (χ4n) is 2.70. The second kappa shape index (κ2) is 11.3. The van der Waals surface area contributed by atoms with Crippen LogP contribution in [0.4, 0.5) is 0 Å². The summed E-state index contributed by atoms with van der Waals surface area (Å²) in [5.41, 5.74) is 0. The lowest BCUT2D eigenvalue weighted by atomic mass is 10.1. The molecule has 0 aliphatic carbocycles. The van der Waals surface area contributed by atoms with E-state index in [9.17, 15) is 0 Å². The van der Waals surface area contributed by atoms with E-state index in [2.05, 4.69) is 33.9 Å². The van der Waals surface area contributed by atoms with Gasteiger partial charge in [0.05, 0.1) is 0 Å². The van der Waals surface area contributed by atoms with Gasteiger partial charge in [0.1, 0.15) is 7.38 Å². The standard InChI is InChI=1S/C16H37ClOSi2/c1-6-20(7-2,8-3)18-15-13-11-9-10-12-14-16-19(4,5)17/h6-16H2,1-5H3. The third-order valence-corrected chi connectivity index (χ3v) is 11.3. The molecule has 0 saturated carbocycles. The second-order valence-corrected chi connectivity index (χ2v) is 18.5. The molecule has 0 fully saturated rings. The minimum absolute atomic E-state index is 1.00. The van der Waals surface area contributed by atoms with Gasteiger partial charge in [-0.1, -0.05) is 66.0 Å². The number of halogens is 1.